The van der Waals surface area contributed by atoms with Crippen LogP contribution in [-0.4, -0.2) is 38.0 Å². The van der Waals surface area contributed by atoms with Gasteiger partial charge in [-0.05, 0) is 67.3 Å². The van der Waals surface area contributed by atoms with E-state index in [2.05, 4.69) is 27.7 Å². The maximum Gasteiger partial charge on any atom is 0.315 e. The second-order valence-corrected chi connectivity index (χ2v) is 8.59. The van der Waals surface area contributed by atoms with Crippen molar-refractivity contribution in [2.45, 2.75) is 36.2 Å². The fourth-order valence-corrected chi connectivity index (χ4v) is 5.08. The summed E-state index contributed by atoms with van der Waals surface area (Å²) in [6, 6.07) is 12.7. The Labute approximate surface area is 175 Å². The van der Waals surface area contributed by atoms with Crippen LogP contribution in [-0.2, 0) is 0 Å². The molecule has 0 aromatic heterocycles. The molecule has 2 aromatic carbocycles. The van der Waals surface area contributed by atoms with E-state index >= 15 is 0 Å². The summed E-state index contributed by atoms with van der Waals surface area (Å²) in [4.78, 5) is 15.9. The Morgan fingerprint density at radius 3 is 2.59 bits per heavy atom. The number of rotatable bonds is 4. The monoisotopic (exact) mass is 415 g/mol. The first-order valence-electron chi connectivity index (χ1n) is 10.0. The zero-order valence-electron chi connectivity index (χ0n) is 16.5. The van der Waals surface area contributed by atoms with Crippen LogP contribution in [0, 0.1) is 5.82 Å². The number of hydrogen-bond donors (Lipinski definition) is 2. The minimum Gasteiger partial charge on any atom is -0.497 e. The standard InChI is InChI=1S/C22H26FN3O2S/c1-28-18-5-3-17(4-6-18)26-11-8-16(9-12-26)24-22(27)25-20-10-13-29-21-7-2-15(23)14-19(20)21/h2-7,14,16,20H,8-13H2,1H3,(H2,24,25,27). The van der Waals surface area contributed by atoms with Crippen LogP contribution >= 0.6 is 11.8 Å². The molecule has 1 atom stereocenters. The molecule has 2 aliphatic heterocycles. The van der Waals surface area contributed by atoms with Crippen molar-refractivity contribution in [1.29, 1.82) is 0 Å². The van der Waals surface area contributed by atoms with Gasteiger partial charge in [0.05, 0.1) is 13.2 Å². The smallest absolute Gasteiger partial charge is 0.315 e. The molecule has 2 aromatic rings. The Bertz CT molecular complexity index is 854. The number of fused-ring (bicyclic) bond motifs is 1. The molecule has 2 aliphatic rings. The van der Waals surface area contributed by atoms with Crippen molar-refractivity contribution in [3.8, 4) is 5.75 Å². The minimum atomic E-state index is -0.260. The maximum absolute atomic E-state index is 13.6. The van der Waals surface area contributed by atoms with Crippen LogP contribution in [0.1, 0.15) is 30.9 Å². The lowest BCUT2D eigenvalue weighted by molar-refractivity contribution is 0.230. The summed E-state index contributed by atoms with van der Waals surface area (Å²) in [7, 11) is 1.67. The minimum absolute atomic E-state index is 0.138. The van der Waals surface area contributed by atoms with Crippen LogP contribution in [0.2, 0.25) is 0 Å². The van der Waals surface area contributed by atoms with Gasteiger partial charge < -0.3 is 20.3 Å². The number of methoxy groups -OCH3 is 1. The molecule has 5 nitrogen and oxygen atoms in total. The van der Waals surface area contributed by atoms with Crippen molar-refractivity contribution in [2.24, 2.45) is 0 Å². The third-order valence-corrected chi connectivity index (χ3v) is 6.71. The highest BCUT2D eigenvalue weighted by molar-refractivity contribution is 7.99. The number of nitrogens with zero attached hydrogens (tertiary/aromatic N) is 1. The average Bonchev–Trinajstić information content (AvgIpc) is 2.75. The highest BCUT2D eigenvalue weighted by atomic mass is 32.2. The molecular formula is C22H26FN3O2S. The number of carbonyl (C=O) groups is 1. The molecule has 7 heteroatoms. The van der Waals surface area contributed by atoms with Crippen molar-refractivity contribution >= 4 is 23.5 Å². The number of urea groups is 1. The van der Waals surface area contributed by atoms with Crippen LogP contribution in [0.15, 0.2) is 47.4 Å². The number of anilines is 1. The van der Waals surface area contributed by atoms with E-state index in [0.29, 0.717) is 0 Å². The lowest BCUT2D eigenvalue weighted by atomic mass is 10.0. The Morgan fingerprint density at radius 1 is 1.10 bits per heavy atom. The molecule has 0 bridgehead atoms. The van der Waals surface area contributed by atoms with Gasteiger partial charge in [-0.15, -0.1) is 11.8 Å². The quantitative estimate of drug-likeness (QED) is 0.780. The first kappa shape index (κ1) is 19.9. The first-order chi connectivity index (χ1) is 14.1. The number of thioether (sulfide) groups is 1. The predicted molar refractivity (Wildman–Crippen MR) is 114 cm³/mol. The lowest BCUT2D eigenvalue weighted by Crippen LogP contribution is -2.48. The van der Waals surface area contributed by atoms with E-state index in [1.807, 2.05) is 12.1 Å². The first-order valence-corrected chi connectivity index (χ1v) is 11.0. The van der Waals surface area contributed by atoms with E-state index in [1.54, 1.807) is 31.0 Å². The molecule has 0 spiro atoms. The van der Waals surface area contributed by atoms with Gasteiger partial charge in [-0.3, -0.25) is 0 Å². The fraction of sp³-hybridized carbons (Fsp3) is 0.409. The number of carbonyl (C=O) groups excluding carboxylic acids is 1. The van der Waals surface area contributed by atoms with E-state index in [1.165, 1.54) is 11.8 Å². The van der Waals surface area contributed by atoms with Gasteiger partial charge in [-0.25, -0.2) is 9.18 Å². The molecular weight excluding hydrogens is 389 g/mol. The normalized spacial score (nSPS) is 19.4. The summed E-state index contributed by atoms with van der Waals surface area (Å²) in [5.74, 6) is 1.51. The van der Waals surface area contributed by atoms with E-state index in [9.17, 15) is 9.18 Å². The summed E-state index contributed by atoms with van der Waals surface area (Å²) in [6.07, 6.45) is 2.60. The van der Waals surface area contributed by atoms with Crippen LogP contribution in [0.25, 0.3) is 0 Å². The van der Waals surface area contributed by atoms with Gasteiger partial charge in [-0.1, -0.05) is 0 Å². The van der Waals surface area contributed by atoms with Crippen LogP contribution in [0.4, 0.5) is 14.9 Å². The molecule has 2 N–H and O–H groups in total. The number of nitrogens with one attached hydrogen (secondary N) is 2. The Hall–Kier alpha value is -2.41. The summed E-state index contributed by atoms with van der Waals surface area (Å²) >= 11 is 1.71. The van der Waals surface area contributed by atoms with Crippen LogP contribution in [0.3, 0.4) is 0 Å². The topological polar surface area (TPSA) is 53.6 Å². The third kappa shape index (κ3) is 4.78. The highest BCUT2D eigenvalue weighted by Crippen LogP contribution is 2.36. The number of hydrogen-bond acceptors (Lipinski definition) is 4. The number of piperidine rings is 1. The summed E-state index contributed by atoms with van der Waals surface area (Å²) in [5, 5.41) is 6.15. The van der Waals surface area contributed by atoms with Crippen molar-refractivity contribution < 1.29 is 13.9 Å². The second kappa shape index (κ2) is 8.95. The van der Waals surface area contributed by atoms with E-state index in [0.717, 1.165) is 54.3 Å². The zero-order valence-corrected chi connectivity index (χ0v) is 17.3. The van der Waals surface area contributed by atoms with Gasteiger partial charge in [0.25, 0.3) is 0 Å². The van der Waals surface area contributed by atoms with Crippen molar-refractivity contribution in [1.82, 2.24) is 10.6 Å². The molecule has 29 heavy (non-hydrogen) atoms. The van der Waals surface area contributed by atoms with E-state index in [4.69, 9.17) is 4.74 Å². The Kier molecular flexibility index (Phi) is 6.13. The molecule has 1 fully saturated rings. The summed E-state index contributed by atoms with van der Waals surface area (Å²) in [6.45, 7) is 1.79. The highest BCUT2D eigenvalue weighted by Gasteiger charge is 2.25. The van der Waals surface area contributed by atoms with Crippen molar-refractivity contribution in [2.75, 3.05) is 30.9 Å². The van der Waals surface area contributed by atoms with Crippen LogP contribution in [0.5, 0.6) is 5.75 Å². The lowest BCUT2D eigenvalue weighted by Gasteiger charge is -2.34. The van der Waals surface area contributed by atoms with Gasteiger partial charge >= 0.3 is 6.03 Å². The van der Waals surface area contributed by atoms with Gasteiger partial charge in [0, 0.05) is 35.5 Å². The van der Waals surface area contributed by atoms with Gasteiger partial charge in [0.1, 0.15) is 11.6 Å². The number of halogens is 1. The molecule has 2 heterocycles. The molecule has 4 rings (SSSR count). The Balaban J connectivity index is 1.29. The van der Waals surface area contributed by atoms with Crippen molar-refractivity contribution in [3.05, 3.63) is 53.8 Å². The Morgan fingerprint density at radius 2 is 1.86 bits per heavy atom. The summed E-state index contributed by atoms with van der Waals surface area (Å²) < 4.78 is 18.9. The largest absolute Gasteiger partial charge is 0.497 e. The van der Waals surface area contributed by atoms with Gasteiger partial charge in [0.2, 0.25) is 0 Å². The predicted octanol–water partition coefficient (Wildman–Crippen LogP) is 4.34. The molecule has 1 unspecified atom stereocenters. The van der Waals surface area contributed by atoms with Crippen molar-refractivity contribution in [3.63, 3.8) is 0 Å². The maximum atomic E-state index is 13.6. The number of benzene rings is 2. The summed E-state index contributed by atoms with van der Waals surface area (Å²) in [5.41, 5.74) is 2.05. The molecule has 0 saturated carbocycles. The van der Waals surface area contributed by atoms with Crippen LogP contribution < -0.4 is 20.3 Å². The fourth-order valence-electron chi connectivity index (χ4n) is 3.98. The van der Waals surface area contributed by atoms with Gasteiger partial charge in [-0.2, -0.15) is 0 Å². The molecule has 0 aliphatic carbocycles. The van der Waals surface area contributed by atoms with Gasteiger partial charge in [0.15, 0.2) is 0 Å². The van der Waals surface area contributed by atoms with E-state index in [-0.39, 0.29) is 23.9 Å². The zero-order chi connectivity index (χ0) is 20.2. The molecule has 0 radical (unpaired) electrons. The molecule has 2 amide bonds. The SMILES string of the molecule is COc1ccc(N2CCC(NC(=O)NC3CCSc4ccc(F)cc43)CC2)cc1. The number of ether oxygens (including phenoxy) is 1. The molecule has 154 valence electrons. The third-order valence-electron chi connectivity index (χ3n) is 5.58. The molecule has 1 saturated heterocycles. The second-order valence-electron chi connectivity index (χ2n) is 7.45. The number of amides is 2. The van der Waals surface area contributed by atoms with E-state index < -0.39 is 0 Å². The average molecular weight is 416 g/mol.